The SMILES string of the molecule is CC#CCN1CCC(OCC2CCCO2)CC1. The number of ether oxygens (including phenoxy) is 2. The molecule has 0 amide bonds. The lowest BCUT2D eigenvalue weighted by atomic mass is 10.1. The summed E-state index contributed by atoms with van der Waals surface area (Å²) in [6.07, 6.45) is 5.44. The highest BCUT2D eigenvalue weighted by molar-refractivity contribution is 4.98. The molecule has 0 N–H and O–H groups in total. The normalized spacial score (nSPS) is 26.8. The van der Waals surface area contributed by atoms with Gasteiger partial charge in [0.1, 0.15) is 0 Å². The third-order valence-corrected chi connectivity index (χ3v) is 3.56. The van der Waals surface area contributed by atoms with Crippen molar-refractivity contribution in [1.82, 2.24) is 4.90 Å². The number of nitrogens with zero attached hydrogens (tertiary/aromatic N) is 1. The molecule has 3 nitrogen and oxygen atoms in total. The van der Waals surface area contributed by atoms with Crippen LogP contribution in [0.15, 0.2) is 0 Å². The second kappa shape index (κ2) is 7.00. The average Bonchev–Trinajstić information content (AvgIpc) is 2.88. The molecule has 17 heavy (non-hydrogen) atoms. The zero-order valence-corrected chi connectivity index (χ0v) is 10.8. The molecule has 0 aromatic heterocycles. The maximum absolute atomic E-state index is 5.93. The van der Waals surface area contributed by atoms with Crippen molar-refractivity contribution in [1.29, 1.82) is 0 Å². The monoisotopic (exact) mass is 237 g/mol. The van der Waals surface area contributed by atoms with E-state index >= 15 is 0 Å². The molecule has 2 aliphatic rings. The van der Waals surface area contributed by atoms with E-state index in [4.69, 9.17) is 9.47 Å². The Morgan fingerprint density at radius 3 is 2.76 bits per heavy atom. The quantitative estimate of drug-likeness (QED) is 0.694. The van der Waals surface area contributed by atoms with Crippen LogP contribution in [-0.2, 0) is 9.47 Å². The van der Waals surface area contributed by atoms with Gasteiger partial charge in [-0.25, -0.2) is 0 Å². The van der Waals surface area contributed by atoms with Crippen molar-refractivity contribution in [3.8, 4) is 11.8 Å². The predicted octanol–water partition coefficient (Wildman–Crippen LogP) is 1.67. The van der Waals surface area contributed by atoms with Gasteiger partial charge in [0.15, 0.2) is 0 Å². The predicted molar refractivity (Wildman–Crippen MR) is 67.8 cm³/mol. The number of piperidine rings is 1. The Hall–Kier alpha value is -0.560. The molecule has 0 spiro atoms. The van der Waals surface area contributed by atoms with Crippen LogP contribution in [0, 0.1) is 11.8 Å². The van der Waals surface area contributed by atoms with Gasteiger partial charge in [0.25, 0.3) is 0 Å². The molecular formula is C14H23NO2. The summed E-state index contributed by atoms with van der Waals surface area (Å²) in [5.41, 5.74) is 0. The van der Waals surface area contributed by atoms with Gasteiger partial charge >= 0.3 is 0 Å². The van der Waals surface area contributed by atoms with E-state index in [1.807, 2.05) is 6.92 Å². The fraction of sp³-hybridized carbons (Fsp3) is 0.857. The van der Waals surface area contributed by atoms with Gasteiger partial charge in [0.05, 0.1) is 25.4 Å². The number of likely N-dealkylation sites (tertiary alicyclic amines) is 1. The van der Waals surface area contributed by atoms with Crippen LogP contribution in [0.4, 0.5) is 0 Å². The van der Waals surface area contributed by atoms with E-state index in [0.717, 1.165) is 45.7 Å². The lowest BCUT2D eigenvalue weighted by Crippen LogP contribution is -2.38. The Morgan fingerprint density at radius 1 is 1.29 bits per heavy atom. The summed E-state index contributed by atoms with van der Waals surface area (Å²) >= 11 is 0. The van der Waals surface area contributed by atoms with Gasteiger partial charge in [-0.2, -0.15) is 0 Å². The Labute approximate surface area is 104 Å². The second-order valence-electron chi connectivity index (χ2n) is 4.87. The van der Waals surface area contributed by atoms with Crippen molar-refractivity contribution >= 4 is 0 Å². The summed E-state index contributed by atoms with van der Waals surface area (Å²) in [5.74, 6) is 6.07. The van der Waals surface area contributed by atoms with Gasteiger partial charge in [-0.1, -0.05) is 5.92 Å². The highest BCUT2D eigenvalue weighted by Gasteiger charge is 2.22. The van der Waals surface area contributed by atoms with Crippen molar-refractivity contribution in [3.63, 3.8) is 0 Å². The first kappa shape index (κ1) is 12.9. The van der Waals surface area contributed by atoms with E-state index in [1.54, 1.807) is 0 Å². The van der Waals surface area contributed by atoms with Crippen LogP contribution in [0.5, 0.6) is 0 Å². The topological polar surface area (TPSA) is 21.7 Å². The third-order valence-electron chi connectivity index (χ3n) is 3.56. The van der Waals surface area contributed by atoms with Gasteiger partial charge in [-0.05, 0) is 32.6 Å². The Morgan fingerprint density at radius 2 is 2.12 bits per heavy atom. The van der Waals surface area contributed by atoms with Gasteiger partial charge in [-0.3, -0.25) is 4.90 Å². The summed E-state index contributed by atoms with van der Waals surface area (Å²) in [5, 5.41) is 0. The fourth-order valence-electron chi connectivity index (χ4n) is 2.44. The number of rotatable bonds is 4. The van der Waals surface area contributed by atoms with Crippen LogP contribution in [0.25, 0.3) is 0 Å². The van der Waals surface area contributed by atoms with Crippen molar-refractivity contribution < 1.29 is 9.47 Å². The Bertz CT molecular complexity index is 268. The molecule has 0 radical (unpaired) electrons. The second-order valence-corrected chi connectivity index (χ2v) is 4.87. The first-order valence-electron chi connectivity index (χ1n) is 6.73. The van der Waals surface area contributed by atoms with E-state index in [9.17, 15) is 0 Å². The Kier molecular flexibility index (Phi) is 5.31. The Balaban J connectivity index is 1.59. The summed E-state index contributed by atoms with van der Waals surface area (Å²) in [6, 6.07) is 0. The van der Waals surface area contributed by atoms with Crippen molar-refractivity contribution in [3.05, 3.63) is 0 Å². The molecule has 2 aliphatic heterocycles. The van der Waals surface area contributed by atoms with E-state index in [2.05, 4.69) is 16.7 Å². The van der Waals surface area contributed by atoms with Crippen LogP contribution in [0.2, 0.25) is 0 Å². The first-order chi connectivity index (χ1) is 8.38. The summed E-state index contributed by atoms with van der Waals surface area (Å²) in [6.45, 7) is 6.75. The van der Waals surface area contributed by atoms with E-state index in [0.29, 0.717) is 12.2 Å². The lowest BCUT2D eigenvalue weighted by molar-refractivity contribution is -0.0407. The molecule has 2 heterocycles. The highest BCUT2D eigenvalue weighted by atomic mass is 16.5. The van der Waals surface area contributed by atoms with E-state index < -0.39 is 0 Å². The van der Waals surface area contributed by atoms with Crippen LogP contribution in [0.1, 0.15) is 32.6 Å². The minimum Gasteiger partial charge on any atom is -0.376 e. The van der Waals surface area contributed by atoms with Gasteiger partial charge in [0, 0.05) is 19.7 Å². The molecule has 0 aromatic carbocycles. The lowest BCUT2D eigenvalue weighted by Gasteiger charge is -2.31. The third kappa shape index (κ3) is 4.31. The first-order valence-corrected chi connectivity index (χ1v) is 6.73. The van der Waals surface area contributed by atoms with Crippen molar-refractivity contribution in [2.45, 2.75) is 44.8 Å². The molecule has 0 aromatic rings. The number of hydrogen-bond donors (Lipinski definition) is 0. The molecule has 1 atom stereocenters. The molecule has 0 aliphatic carbocycles. The number of hydrogen-bond acceptors (Lipinski definition) is 3. The largest absolute Gasteiger partial charge is 0.376 e. The molecular weight excluding hydrogens is 214 g/mol. The molecule has 2 fully saturated rings. The van der Waals surface area contributed by atoms with Crippen molar-refractivity contribution in [2.24, 2.45) is 0 Å². The molecule has 2 saturated heterocycles. The molecule has 0 bridgehead atoms. The summed E-state index contributed by atoms with van der Waals surface area (Å²) in [7, 11) is 0. The average molecular weight is 237 g/mol. The molecule has 1 unspecified atom stereocenters. The van der Waals surface area contributed by atoms with Gasteiger partial charge in [-0.15, -0.1) is 5.92 Å². The van der Waals surface area contributed by atoms with Crippen LogP contribution in [0.3, 0.4) is 0 Å². The van der Waals surface area contributed by atoms with Gasteiger partial charge < -0.3 is 9.47 Å². The highest BCUT2D eigenvalue weighted by Crippen LogP contribution is 2.17. The summed E-state index contributed by atoms with van der Waals surface area (Å²) < 4.78 is 11.5. The molecule has 96 valence electrons. The minimum absolute atomic E-state index is 0.360. The van der Waals surface area contributed by atoms with E-state index in [-0.39, 0.29) is 0 Å². The minimum atomic E-state index is 0.360. The maximum atomic E-state index is 5.93. The zero-order valence-electron chi connectivity index (χ0n) is 10.8. The molecule has 2 rings (SSSR count). The zero-order chi connectivity index (χ0) is 11.9. The van der Waals surface area contributed by atoms with Crippen molar-refractivity contribution in [2.75, 3.05) is 32.8 Å². The summed E-state index contributed by atoms with van der Waals surface area (Å²) in [4.78, 5) is 2.41. The fourth-order valence-corrected chi connectivity index (χ4v) is 2.44. The van der Waals surface area contributed by atoms with Crippen LogP contribution in [-0.4, -0.2) is 50.0 Å². The standard InChI is InChI=1S/C14H23NO2/c1-2-3-8-15-9-6-13(7-10-15)17-12-14-5-4-11-16-14/h13-14H,4-12H2,1H3. The molecule has 0 saturated carbocycles. The van der Waals surface area contributed by atoms with Gasteiger partial charge in [0.2, 0.25) is 0 Å². The molecule has 3 heteroatoms. The maximum Gasteiger partial charge on any atom is 0.0809 e. The van der Waals surface area contributed by atoms with E-state index in [1.165, 1.54) is 12.8 Å². The van der Waals surface area contributed by atoms with Crippen LogP contribution < -0.4 is 0 Å². The smallest absolute Gasteiger partial charge is 0.0809 e. The van der Waals surface area contributed by atoms with Crippen LogP contribution >= 0.6 is 0 Å².